The first-order valence-electron chi connectivity index (χ1n) is 7.60. The van der Waals surface area contributed by atoms with E-state index in [9.17, 15) is 0 Å². The van der Waals surface area contributed by atoms with Crippen LogP contribution in [0.15, 0.2) is 42.7 Å². The Bertz CT molecular complexity index is 549. The fraction of sp³-hybridized carbons (Fsp3) is 0.389. The molecule has 0 atom stereocenters. The van der Waals surface area contributed by atoms with Gasteiger partial charge in [-0.05, 0) is 56.1 Å². The number of benzene rings is 1. The van der Waals surface area contributed by atoms with Crippen LogP contribution >= 0.6 is 0 Å². The predicted molar refractivity (Wildman–Crippen MR) is 87.4 cm³/mol. The van der Waals surface area contributed by atoms with Crippen LogP contribution in [0.1, 0.15) is 32.8 Å². The van der Waals surface area contributed by atoms with E-state index in [4.69, 9.17) is 4.74 Å². The topological polar surface area (TPSA) is 34.2 Å². The van der Waals surface area contributed by atoms with E-state index in [2.05, 4.69) is 35.4 Å². The third-order valence-electron chi connectivity index (χ3n) is 3.11. The second kappa shape index (κ2) is 7.79. The number of pyridine rings is 1. The molecule has 1 heterocycles. The van der Waals surface area contributed by atoms with E-state index in [0.717, 1.165) is 36.4 Å². The molecule has 0 saturated heterocycles. The minimum atomic E-state index is 0.200. The van der Waals surface area contributed by atoms with Crippen molar-refractivity contribution in [2.45, 2.75) is 39.8 Å². The van der Waals surface area contributed by atoms with Gasteiger partial charge in [0.05, 0.1) is 6.10 Å². The van der Waals surface area contributed by atoms with Crippen LogP contribution in [0.4, 0.5) is 0 Å². The highest BCUT2D eigenvalue weighted by Crippen LogP contribution is 2.23. The van der Waals surface area contributed by atoms with Crippen molar-refractivity contribution >= 4 is 0 Å². The number of nitrogens with one attached hydrogen (secondary N) is 1. The zero-order chi connectivity index (χ0) is 15.1. The van der Waals surface area contributed by atoms with Gasteiger partial charge in [-0.15, -0.1) is 0 Å². The van der Waals surface area contributed by atoms with Gasteiger partial charge in [0.1, 0.15) is 5.75 Å². The number of aromatic nitrogens is 1. The molecule has 3 nitrogen and oxygen atoms in total. The average Bonchev–Trinajstić information content (AvgIpc) is 2.48. The molecule has 1 aromatic heterocycles. The van der Waals surface area contributed by atoms with Gasteiger partial charge < -0.3 is 10.1 Å². The number of rotatable bonds is 7. The molecule has 1 N–H and O–H groups in total. The lowest BCUT2D eigenvalue weighted by Gasteiger charge is -2.10. The van der Waals surface area contributed by atoms with E-state index < -0.39 is 0 Å². The maximum absolute atomic E-state index is 5.67. The first-order valence-corrected chi connectivity index (χ1v) is 7.60. The summed E-state index contributed by atoms with van der Waals surface area (Å²) in [6.45, 7) is 8.13. The van der Waals surface area contributed by atoms with Crippen molar-refractivity contribution in [2.24, 2.45) is 0 Å². The third kappa shape index (κ3) is 4.87. The molecule has 0 aliphatic carbocycles. The molecule has 2 rings (SSSR count). The summed E-state index contributed by atoms with van der Waals surface area (Å²) in [4.78, 5) is 4.34. The van der Waals surface area contributed by atoms with Crippen LogP contribution in [-0.2, 0) is 6.54 Å². The highest BCUT2D eigenvalue weighted by molar-refractivity contribution is 5.63. The van der Waals surface area contributed by atoms with Gasteiger partial charge in [-0.25, -0.2) is 0 Å². The fourth-order valence-corrected chi connectivity index (χ4v) is 2.15. The van der Waals surface area contributed by atoms with Crippen LogP contribution in [0.5, 0.6) is 5.75 Å². The van der Waals surface area contributed by atoms with Crippen LogP contribution in [-0.4, -0.2) is 17.6 Å². The largest absolute Gasteiger partial charge is 0.491 e. The number of hydrogen-bond donors (Lipinski definition) is 1. The van der Waals surface area contributed by atoms with Crippen molar-refractivity contribution in [3.63, 3.8) is 0 Å². The lowest BCUT2D eigenvalue weighted by atomic mass is 10.1. The number of nitrogens with zero attached hydrogens (tertiary/aromatic N) is 1. The van der Waals surface area contributed by atoms with Gasteiger partial charge in [0.15, 0.2) is 0 Å². The SMILES string of the molecule is CCCNCc1cncc(-c2ccc(OC(C)C)cc2)c1. The summed E-state index contributed by atoms with van der Waals surface area (Å²) in [6, 6.07) is 10.4. The lowest BCUT2D eigenvalue weighted by Crippen LogP contribution is -2.13. The van der Waals surface area contributed by atoms with Crippen LogP contribution in [0.3, 0.4) is 0 Å². The molecule has 0 radical (unpaired) electrons. The van der Waals surface area contributed by atoms with Crippen LogP contribution in [0, 0.1) is 0 Å². The zero-order valence-electron chi connectivity index (χ0n) is 13.1. The summed E-state index contributed by atoms with van der Waals surface area (Å²) < 4.78 is 5.67. The Hall–Kier alpha value is -1.87. The Morgan fingerprint density at radius 2 is 1.86 bits per heavy atom. The lowest BCUT2D eigenvalue weighted by molar-refractivity contribution is 0.242. The normalized spacial score (nSPS) is 10.9. The molecule has 112 valence electrons. The Balaban J connectivity index is 2.08. The molecule has 0 fully saturated rings. The van der Waals surface area contributed by atoms with Gasteiger partial charge in [-0.3, -0.25) is 4.98 Å². The highest BCUT2D eigenvalue weighted by atomic mass is 16.5. The van der Waals surface area contributed by atoms with Gasteiger partial charge in [0.2, 0.25) is 0 Å². The fourth-order valence-electron chi connectivity index (χ4n) is 2.15. The van der Waals surface area contributed by atoms with E-state index in [1.165, 1.54) is 5.56 Å². The Morgan fingerprint density at radius 3 is 2.52 bits per heavy atom. The van der Waals surface area contributed by atoms with Crippen molar-refractivity contribution in [3.05, 3.63) is 48.3 Å². The van der Waals surface area contributed by atoms with E-state index in [0.29, 0.717) is 0 Å². The first-order chi connectivity index (χ1) is 10.2. The maximum atomic E-state index is 5.67. The summed E-state index contributed by atoms with van der Waals surface area (Å²) >= 11 is 0. The Labute approximate surface area is 127 Å². The van der Waals surface area contributed by atoms with E-state index in [1.54, 1.807) is 0 Å². The van der Waals surface area contributed by atoms with Crippen molar-refractivity contribution in [1.29, 1.82) is 0 Å². The van der Waals surface area contributed by atoms with Crippen molar-refractivity contribution in [2.75, 3.05) is 6.54 Å². The van der Waals surface area contributed by atoms with Gasteiger partial charge in [-0.1, -0.05) is 19.1 Å². The highest BCUT2D eigenvalue weighted by Gasteiger charge is 2.02. The monoisotopic (exact) mass is 284 g/mol. The molecule has 1 aromatic carbocycles. The molecule has 0 aliphatic rings. The van der Waals surface area contributed by atoms with E-state index in [1.807, 2.05) is 38.4 Å². The summed E-state index contributed by atoms with van der Waals surface area (Å²) in [5.41, 5.74) is 3.52. The third-order valence-corrected chi connectivity index (χ3v) is 3.11. The zero-order valence-corrected chi connectivity index (χ0v) is 13.1. The summed E-state index contributed by atoms with van der Waals surface area (Å²) in [6.07, 6.45) is 5.17. The summed E-state index contributed by atoms with van der Waals surface area (Å²) in [5, 5.41) is 3.40. The smallest absolute Gasteiger partial charge is 0.119 e. The van der Waals surface area contributed by atoms with Crippen LogP contribution in [0.2, 0.25) is 0 Å². The van der Waals surface area contributed by atoms with Crippen LogP contribution in [0.25, 0.3) is 11.1 Å². The van der Waals surface area contributed by atoms with Crippen LogP contribution < -0.4 is 10.1 Å². The van der Waals surface area contributed by atoms with E-state index >= 15 is 0 Å². The van der Waals surface area contributed by atoms with Gasteiger partial charge >= 0.3 is 0 Å². The molecule has 0 unspecified atom stereocenters. The predicted octanol–water partition coefficient (Wildman–Crippen LogP) is 4.04. The van der Waals surface area contributed by atoms with Gasteiger partial charge in [0, 0.05) is 24.5 Å². The first kappa shape index (κ1) is 15.5. The minimum Gasteiger partial charge on any atom is -0.491 e. The molecule has 3 heteroatoms. The minimum absolute atomic E-state index is 0.200. The second-order valence-corrected chi connectivity index (χ2v) is 5.45. The molecule has 0 aliphatic heterocycles. The molecule has 0 amide bonds. The van der Waals surface area contributed by atoms with Gasteiger partial charge in [-0.2, -0.15) is 0 Å². The van der Waals surface area contributed by atoms with Crippen molar-refractivity contribution in [1.82, 2.24) is 10.3 Å². The molecule has 0 spiro atoms. The molecule has 2 aromatic rings. The molecular formula is C18H24N2O. The quantitative estimate of drug-likeness (QED) is 0.779. The van der Waals surface area contributed by atoms with E-state index in [-0.39, 0.29) is 6.10 Å². The van der Waals surface area contributed by atoms with Crippen molar-refractivity contribution in [3.8, 4) is 16.9 Å². The van der Waals surface area contributed by atoms with Crippen molar-refractivity contribution < 1.29 is 4.74 Å². The Kier molecular flexibility index (Phi) is 5.76. The molecular weight excluding hydrogens is 260 g/mol. The maximum Gasteiger partial charge on any atom is 0.119 e. The van der Waals surface area contributed by atoms with Gasteiger partial charge in [0.25, 0.3) is 0 Å². The Morgan fingerprint density at radius 1 is 1.10 bits per heavy atom. The summed E-state index contributed by atoms with van der Waals surface area (Å²) in [7, 11) is 0. The number of ether oxygens (including phenoxy) is 1. The number of hydrogen-bond acceptors (Lipinski definition) is 3. The average molecular weight is 284 g/mol. The standard InChI is InChI=1S/C18H24N2O/c1-4-9-19-11-15-10-17(13-20-12-15)16-5-7-18(8-6-16)21-14(2)3/h5-8,10,12-14,19H,4,9,11H2,1-3H3. The molecule has 0 saturated carbocycles. The second-order valence-electron chi connectivity index (χ2n) is 5.45. The molecule has 0 bridgehead atoms. The summed E-state index contributed by atoms with van der Waals surface area (Å²) in [5.74, 6) is 0.905. The molecule has 21 heavy (non-hydrogen) atoms.